The zero-order chi connectivity index (χ0) is 25.2. The zero-order valence-electron chi connectivity index (χ0n) is 19.7. The lowest BCUT2D eigenvalue weighted by atomic mass is 9.81. The molecule has 5 rings (SSSR count). The zero-order valence-corrected chi connectivity index (χ0v) is 20.5. The highest BCUT2D eigenvalue weighted by Crippen LogP contribution is 2.34. The summed E-state index contributed by atoms with van der Waals surface area (Å²) in [4.78, 5) is 21.0. The lowest BCUT2D eigenvalue weighted by molar-refractivity contribution is -0.127. The molecule has 0 bridgehead atoms. The number of nitrogens with one attached hydrogen (secondary N) is 3. The number of hydrogen-bond donors (Lipinski definition) is 5. The highest BCUT2D eigenvalue weighted by molar-refractivity contribution is 6.32. The van der Waals surface area contributed by atoms with Crippen molar-refractivity contribution in [2.45, 2.75) is 38.1 Å². The number of carbonyl (C=O) groups is 1. The number of benzene rings is 2. The van der Waals surface area contributed by atoms with Crippen LogP contribution < -0.4 is 16.8 Å². The summed E-state index contributed by atoms with van der Waals surface area (Å²) in [7, 11) is 0. The van der Waals surface area contributed by atoms with Crippen LogP contribution in [0.2, 0.25) is 5.15 Å². The number of rotatable bonds is 7. The number of amides is 1. The second-order valence-corrected chi connectivity index (χ2v) is 9.83. The van der Waals surface area contributed by atoms with Gasteiger partial charge in [-0.1, -0.05) is 41.9 Å². The van der Waals surface area contributed by atoms with Gasteiger partial charge in [0.2, 0.25) is 5.91 Å². The summed E-state index contributed by atoms with van der Waals surface area (Å²) in [5, 5.41) is 10.3. The fourth-order valence-electron chi connectivity index (χ4n) is 4.99. The molecule has 0 radical (unpaired) electrons. The Morgan fingerprint density at radius 2 is 1.92 bits per heavy atom. The molecule has 1 amide bonds. The molecular formula is C26H29ClFN7O. The predicted octanol–water partition coefficient (Wildman–Crippen LogP) is 4.49. The highest BCUT2D eigenvalue weighted by Gasteiger charge is 2.29. The van der Waals surface area contributed by atoms with Crippen LogP contribution in [0, 0.1) is 17.7 Å². The summed E-state index contributed by atoms with van der Waals surface area (Å²) in [6, 6.07) is 12.6. The number of H-pyrrole nitrogens is 2. The topological polar surface area (TPSA) is 138 Å². The summed E-state index contributed by atoms with van der Waals surface area (Å²) in [5.41, 5.74) is 13.3. The summed E-state index contributed by atoms with van der Waals surface area (Å²) >= 11 is 6.51. The average Bonchev–Trinajstić information content (AvgIpc) is 3.47. The van der Waals surface area contributed by atoms with Crippen molar-refractivity contribution in [1.82, 2.24) is 25.5 Å². The van der Waals surface area contributed by atoms with Gasteiger partial charge >= 0.3 is 0 Å². The molecule has 4 aromatic rings. The van der Waals surface area contributed by atoms with Crippen molar-refractivity contribution in [3.05, 3.63) is 64.8 Å². The molecule has 0 spiro atoms. The molecule has 10 heteroatoms. The normalized spacial score (nSPS) is 18.9. The van der Waals surface area contributed by atoms with E-state index in [9.17, 15) is 4.79 Å². The van der Waals surface area contributed by atoms with E-state index in [-0.39, 0.29) is 39.6 Å². The van der Waals surface area contributed by atoms with Crippen LogP contribution in [0.25, 0.3) is 22.2 Å². The van der Waals surface area contributed by atoms with Gasteiger partial charge in [0.1, 0.15) is 22.2 Å². The van der Waals surface area contributed by atoms with Crippen molar-refractivity contribution < 1.29 is 9.18 Å². The second-order valence-electron chi connectivity index (χ2n) is 9.45. The van der Waals surface area contributed by atoms with Crippen LogP contribution in [0.1, 0.15) is 43.1 Å². The van der Waals surface area contributed by atoms with E-state index in [1.54, 1.807) is 12.1 Å². The van der Waals surface area contributed by atoms with Crippen LogP contribution in [0.15, 0.2) is 42.5 Å². The van der Waals surface area contributed by atoms with Gasteiger partial charge in [0.05, 0.1) is 6.04 Å². The summed E-state index contributed by atoms with van der Waals surface area (Å²) in [5.74, 6) is 0.541. The third kappa shape index (κ3) is 4.81. The maximum absolute atomic E-state index is 15.3. The van der Waals surface area contributed by atoms with Gasteiger partial charge in [-0.25, -0.2) is 9.37 Å². The molecule has 1 atom stereocenters. The minimum atomic E-state index is -0.544. The van der Waals surface area contributed by atoms with E-state index in [2.05, 4.69) is 25.5 Å². The Labute approximate surface area is 213 Å². The Kier molecular flexibility index (Phi) is 6.93. The maximum atomic E-state index is 15.3. The van der Waals surface area contributed by atoms with Crippen LogP contribution >= 0.6 is 11.6 Å². The van der Waals surface area contributed by atoms with Gasteiger partial charge < -0.3 is 21.8 Å². The smallest absolute Gasteiger partial charge is 0.223 e. The first-order valence-corrected chi connectivity index (χ1v) is 12.5. The third-order valence-electron chi connectivity index (χ3n) is 7.12. The van der Waals surface area contributed by atoms with Gasteiger partial charge in [-0.3, -0.25) is 9.89 Å². The van der Waals surface area contributed by atoms with E-state index in [0.717, 1.165) is 31.2 Å². The van der Waals surface area contributed by atoms with Crippen molar-refractivity contribution in [3.63, 3.8) is 0 Å². The lowest BCUT2D eigenvalue weighted by Gasteiger charge is -2.28. The Bertz CT molecular complexity index is 1360. The Hall–Kier alpha value is -3.43. The standard InChI is InChI=1S/C26H29ClFN7O/c27-23-22(17-10-11-18-21(20(17)28)34-35-24(18)30)32-25(33-23)19(12-14-4-2-1-3-5-14)31-26(36)16-8-6-15(13-29)7-9-16/h1-5,10-11,15-16,19H,6-9,12-13,29H2,(H,31,36)(H,32,33)(H3,30,34,35)/t15-,16-,19-/m0/s1. The minimum Gasteiger partial charge on any atom is -0.382 e. The number of halogens is 2. The number of fused-ring (bicyclic) bond motifs is 1. The van der Waals surface area contributed by atoms with Gasteiger partial charge in [-0.2, -0.15) is 5.10 Å². The molecule has 0 aliphatic heterocycles. The molecule has 2 heterocycles. The number of carbonyl (C=O) groups excluding carboxylic acids is 1. The van der Waals surface area contributed by atoms with E-state index in [4.69, 9.17) is 23.1 Å². The third-order valence-corrected chi connectivity index (χ3v) is 7.39. The van der Waals surface area contributed by atoms with Crippen molar-refractivity contribution in [1.29, 1.82) is 0 Å². The minimum absolute atomic E-state index is 0.0130. The largest absolute Gasteiger partial charge is 0.382 e. The maximum Gasteiger partial charge on any atom is 0.223 e. The lowest BCUT2D eigenvalue weighted by Crippen LogP contribution is -2.37. The van der Waals surface area contributed by atoms with Crippen molar-refractivity contribution in [2.75, 3.05) is 12.3 Å². The SMILES string of the molecule is NC[C@H]1CC[C@H](C(=O)N[C@@H](Cc2ccccc2)c2nc(-c3ccc4c(N)n[nH]c4c3F)c(Cl)[nH]2)CC1. The number of nitrogens with zero attached hydrogens (tertiary/aromatic N) is 2. The number of anilines is 1. The van der Waals surface area contributed by atoms with Crippen molar-refractivity contribution >= 4 is 34.2 Å². The molecule has 1 saturated carbocycles. The first-order valence-electron chi connectivity index (χ1n) is 12.2. The monoisotopic (exact) mass is 509 g/mol. The number of hydrogen-bond acceptors (Lipinski definition) is 5. The quantitative estimate of drug-likeness (QED) is 0.250. The first kappa shape index (κ1) is 24.3. The van der Waals surface area contributed by atoms with E-state index in [1.165, 1.54) is 0 Å². The van der Waals surface area contributed by atoms with E-state index < -0.39 is 11.9 Å². The van der Waals surface area contributed by atoms with Crippen molar-refractivity contribution in [3.8, 4) is 11.3 Å². The second kappa shape index (κ2) is 10.3. The fraction of sp³-hybridized carbons (Fsp3) is 0.346. The molecule has 188 valence electrons. The Morgan fingerprint density at radius 3 is 2.64 bits per heavy atom. The van der Waals surface area contributed by atoms with Gasteiger partial charge in [-0.15, -0.1) is 0 Å². The highest BCUT2D eigenvalue weighted by atomic mass is 35.5. The van der Waals surface area contributed by atoms with Gasteiger partial charge in [0, 0.05) is 16.9 Å². The molecule has 2 aromatic carbocycles. The van der Waals surface area contributed by atoms with Crippen LogP contribution in [0.3, 0.4) is 0 Å². The van der Waals surface area contributed by atoms with Crippen LogP contribution in [0.5, 0.6) is 0 Å². The van der Waals surface area contributed by atoms with E-state index in [1.807, 2.05) is 30.3 Å². The number of nitrogens with two attached hydrogens (primary N) is 2. The first-order chi connectivity index (χ1) is 17.4. The van der Waals surface area contributed by atoms with Crippen LogP contribution in [0.4, 0.5) is 10.2 Å². The Balaban J connectivity index is 1.44. The molecule has 1 aliphatic rings. The average molecular weight is 510 g/mol. The van der Waals surface area contributed by atoms with Crippen LogP contribution in [-0.2, 0) is 11.2 Å². The molecule has 7 N–H and O–H groups in total. The molecule has 36 heavy (non-hydrogen) atoms. The molecule has 0 saturated heterocycles. The van der Waals surface area contributed by atoms with Crippen LogP contribution in [-0.4, -0.2) is 32.6 Å². The van der Waals surface area contributed by atoms with Gasteiger partial charge in [-0.05, 0) is 62.3 Å². The molecule has 1 fully saturated rings. The summed E-state index contributed by atoms with van der Waals surface area (Å²) < 4.78 is 15.3. The summed E-state index contributed by atoms with van der Waals surface area (Å²) in [6.07, 6.45) is 4.04. The molecular weight excluding hydrogens is 481 g/mol. The number of aromatic amines is 2. The summed E-state index contributed by atoms with van der Waals surface area (Å²) in [6.45, 7) is 0.659. The van der Waals surface area contributed by atoms with Gasteiger partial charge in [0.25, 0.3) is 0 Å². The Morgan fingerprint density at radius 1 is 1.17 bits per heavy atom. The predicted molar refractivity (Wildman–Crippen MR) is 139 cm³/mol. The molecule has 8 nitrogen and oxygen atoms in total. The van der Waals surface area contributed by atoms with Gasteiger partial charge in [0.15, 0.2) is 11.6 Å². The number of nitrogen functional groups attached to an aromatic ring is 1. The van der Waals surface area contributed by atoms with E-state index >= 15 is 4.39 Å². The molecule has 1 aliphatic carbocycles. The van der Waals surface area contributed by atoms with E-state index in [0.29, 0.717) is 30.1 Å². The molecule has 0 unspecified atom stereocenters. The fourth-order valence-corrected chi connectivity index (χ4v) is 5.23. The molecule has 2 aromatic heterocycles. The number of aromatic nitrogens is 4. The number of imidazole rings is 1. The van der Waals surface area contributed by atoms with Crippen molar-refractivity contribution in [2.24, 2.45) is 17.6 Å².